The van der Waals surface area contributed by atoms with Gasteiger partial charge in [-0.1, -0.05) is 17.7 Å². The van der Waals surface area contributed by atoms with Gasteiger partial charge in [0.1, 0.15) is 11.8 Å². The fraction of sp³-hybridized carbons (Fsp3) is 0.143. The second-order valence-corrected chi connectivity index (χ2v) is 6.99. The van der Waals surface area contributed by atoms with Crippen LogP contribution in [0.2, 0.25) is 5.02 Å². The number of hydrogen-bond acceptors (Lipinski definition) is 5. The van der Waals surface area contributed by atoms with Gasteiger partial charge in [-0.05, 0) is 48.9 Å². The summed E-state index contributed by atoms with van der Waals surface area (Å²) in [6.07, 6.45) is 3.95. The van der Waals surface area contributed by atoms with Gasteiger partial charge < -0.3 is 5.73 Å². The van der Waals surface area contributed by atoms with Crippen LogP contribution in [0.25, 0.3) is 16.6 Å². The Morgan fingerprint density at radius 2 is 2.11 bits per heavy atom. The number of benzene rings is 1. The summed E-state index contributed by atoms with van der Waals surface area (Å²) < 4.78 is 1.82. The molecule has 6 nitrogen and oxygen atoms in total. The standard InChI is InChI=1S/C21H17ClN6/c1-13-4-6-16(11-23)27-18(13)10-17(24)21-20(3-2-8-25-21)28-19-7-5-15(22)9-14(19)12-26-28/h2-9,12,17H,10,24H2,1H3/t17-/m0/s1. The van der Waals surface area contributed by atoms with Crippen molar-refractivity contribution in [2.45, 2.75) is 19.4 Å². The van der Waals surface area contributed by atoms with Gasteiger partial charge in [-0.25, -0.2) is 9.67 Å². The van der Waals surface area contributed by atoms with Gasteiger partial charge in [0.25, 0.3) is 0 Å². The Hall–Kier alpha value is -3.27. The summed E-state index contributed by atoms with van der Waals surface area (Å²) in [5, 5.41) is 15.2. The van der Waals surface area contributed by atoms with E-state index in [1.165, 1.54) is 0 Å². The van der Waals surface area contributed by atoms with E-state index in [9.17, 15) is 0 Å². The van der Waals surface area contributed by atoms with Crippen molar-refractivity contribution in [3.05, 3.63) is 82.5 Å². The van der Waals surface area contributed by atoms with Crippen molar-refractivity contribution in [3.63, 3.8) is 0 Å². The Labute approximate surface area is 167 Å². The number of nitrogens with zero attached hydrogens (tertiary/aromatic N) is 5. The summed E-state index contributed by atoms with van der Waals surface area (Å²) in [7, 11) is 0. The van der Waals surface area contributed by atoms with Gasteiger partial charge in [0, 0.05) is 28.7 Å². The first-order valence-electron chi connectivity index (χ1n) is 8.77. The topological polar surface area (TPSA) is 93.4 Å². The van der Waals surface area contributed by atoms with Gasteiger partial charge in [-0.15, -0.1) is 0 Å². The first kappa shape index (κ1) is 18.1. The molecule has 0 unspecified atom stereocenters. The molecule has 0 aliphatic rings. The molecule has 3 aromatic heterocycles. The van der Waals surface area contributed by atoms with Gasteiger partial charge in [0.05, 0.1) is 29.1 Å². The molecule has 1 aromatic carbocycles. The number of halogens is 1. The smallest absolute Gasteiger partial charge is 0.140 e. The molecular weight excluding hydrogens is 372 g/mol. The minimum atomic E-state index is -0.400. The largest absolute Gasteiger partial charge is 0.322 e. The highest BCUT2D eigenvalue weighted by Gasteiger charge is 2.18. The van der Waals surface area contributed by atoms with Gasteiger partial charge >= 0.3 is 0 Å². The molecule has 0 saturated heterocycles. The molecule has 4 aromatic rings. The Morgan fingerprint density at radius 3 is 2.93 bits per heavy atom. The van der Waals surface area contributed by atoms with Gasteiger partial charge in [0.15, 0.2) is 0 Å². The predicted octanol–water partition coefficient (Wildman–Crippen LogP) is 3.89. The zero-order valence-corrected chi connectivity index (χ0v) is 15.9. The summed E-state index contributed by atoms with van der Waals surface area (Å²) in [5.41, 5.74) is 11.1. The molecule has 7 heteroatoms. The van der Waals surface area contributed by atoms with Crippen LogP contribution in [0.15, 0.2) is 54.9 Å². The van der Waals surface area contributed by atoms with Crippen LogP contribution in [0.4, 0.5) is 0 Å². The number of nitrogens with two attached hydrogens (primary N) is 1. The predicted molar refractivity (Wildman–Crippen MR) is 108 cm³/mol. The Bertz CT molecular complexity index is 1210. The van der Waals surface area contributed by atoms with E-state index in [2.05, 4.69) is 21.1 Å². The zero-order chi connectivity index (χ0) is 19.7. The van der Waals surface area contributed by atoms with Crippen LogP contribution >= 0.6 is 11.6 Å². The minimum absolute atomic E-state index is 0.379. The highest BCUT2D eigenvalue weighted by Crippen LogP contribution is 2.26. The lowest BCUT2D eigenvalue weighted by Crippen LogP contribution is -2.19. The maximum Gasteiger partial charge on any atom is 0.140 e. The van der Waals surface area contributed by atoms with E-state index in [0.29, 0.717) is 22.8 Å². The first-order valence-corrected chi connectivity index (χ1v) is 9.15. The van der Waals surface area contributed by atoms with E-state index < -0.39 is 6.04 Å². The highest BCUT2D eigenvalue weighted by molar-refractivity contribution is 6.31. The van der Waals surface area contributed by atoms with E-state index in [4.69, 9.17) is 22.6 Å². The average Bonchev–Trinajstić information content (AvgIpc) is 3.12. The summed E-state index contributed by atoms with van der Waals surface area (Å²) in [4.78, 5) is 8.93. The van der Waals surface area contributed by atoms with Gasteiger partial charge in [-0.3, -0.25) is 4.98 Å². The van der Waals surface area contributed by atoms with E-state index in [1.54, 1.807) is 18.5 Å². The zero-order valence-electron chi connectivity index (χ0n) is 15.2. The fourth-order valence-corrected chi connectivity index (χ4v) is 3.39. The van der Waals surface area contributed by atoms with Crippen LogP contribution in [0.5, 0.6) is 0 Å². The van der Waals surface area contributed by atoms with Gasteiger partial charge in [-0.2, -0.15) is 10.4 Å². The van der Waals surface area contributed by atoms with Crippen LogP contribution in [0.3, 0.4) is 0 Å². The minimum Gasteiger partial charge on any atom is -0.322 e. The summed E-state index contributed by atoms with van der Waals surface area (Å²) in [6.45, 7) is 1.96. The van der Waals surface area contributed by atoms with Crippen molar-refractivity contribution < 1.29 is 0 Å². The van der Waals surface area contributed by atoms with Crippen LogP contribution in [0.1, 0.15) is 28.7 Å². The molecule has 138 valence electrons. The van der Waals surface area contributed by atoms with Gasteiger partial charge in [0.2, 0.25) is 0 Å². The monoisotopic (exact) mass is 388 g/mol. The van der Waals surface area contributed by atoms with E-state index >= 15 is 0 Å². The third-order valence-corrected chi connectivity index (χ3v) is 4.89. The van der Waals surface area contributed by atoms with Crippen molar-refractivity contribution in [3.8, 4) is 11.8 Å². The van der Waals surface area contributed by atoms with Crippen LogP contribution in [-0.2, 0) is 6.42 Å². The molecule has 0 bridgehead atoms. The number of pyridine rings is 2. The molecule has 0 aliphatic heterocycles. The number of fused-ring (bicyclic) bond motifs is 1. The molecule has 0 fully saturated rings. The fourth-order valence-electron chi connectivity index (χ4n) is 3.21. The third kappa shape index (κ3) is 3.33. The summed E-state index contributed by atoms with van der Waals surface area (Å²) in [5.74, 6) is 0. The summed E-state index contributed by atoms with van der Waals surface area (Å²) >= 11 is 6.09. The second kappa shape index (κ2) is 7.39. The quantitative estimate of drug-likeness (QED) is 0.572. The number of aromatic nitrogens is 4. The molecule has 28 heavy (non-hydrogen) atoms. The van der Waals surface area contributed by atoms with E-state index in [-0.39, 0.29) is 0 Å². The van der Waals surface area contributed by atoms with Crippen LogP contribution < -0.4 is 5.73 Å². The van der Waals surface area contributed by atoms with Crippen molar-refractivity contribution in [1.29, 1.82) is 5.26 Å². The molecule has 0 radical (unpaired) electrons. The third-order valence-electron chi connectivity index (χ3n) is 4.66. The molecule has 0 saturated carbocycles. The molecule has 0 amide bonds. The Balaban J connectivity index is 1.74. The number of rotatable bonds is 4. The number of aryl methyl sites for hydroxylation is 1. The molecule has 2 N–H and O–H groups in total. The molecule has 0 aliphatic carbocycles. The lowest BCUT2D eigenvalue weighted by atomic mass is 10.0. The number of hydrogen-bond donors (Lipinski definition) is 1. The normalized spacial score (nSPS) is 12.1. The Morgan fingerprint density at radius 1 is 1.25 bits per heavy atom. The lowest BCUT2D eigenvalue weighted by molar-refractivity contribution is 0.669. The maximum atomic E-state index is 9.12. The molecule has 3 heterocycles. The van der Waals surface area contributed by atoms with Crippen molar-refractivity contribution >= 4 is 22.5 Å². The molecular formula is C21H17ClN6. The van der Waals surface area contributed by atoms with E-state index in [1.807, 2.05) is 48.0 Å². The average molecular weight is 389 g/mol. The van der Waals surface area contributed by atoms with Crippen molar-refractivity contribution in [1.82, 2.24) is 19.7 Å². The van der Waals surface area contributed by atoms with Crippen molar-refractivity contribution in [2.75, 3.05) is 0 Å². The Kier molecular flexibility index (Phi) is 4.78. The SMILES string of the molecule is Cc1ccc(C#N)nc1C[C@H](N)c1ncccc1-n1ncc2cc(Cl)ccc21. The van der Waals surface area contributed by atoms with E-state index in [0.717, 1.165) is 27.8 Å². The molecule has 1 atom stereocenters. The highest BCUT2D eigenvalue weighted by atomic mass is 35.5. The van der Waals surface area contributed by atoms with Crippen molar-refractivity contribution in [2.24, 2.45) is 5.73 Å². The molecule has 0 spiro atoms. The van der Waals surface area contributed by atoms with Crippen LogP contribution in [0, 0.1) is 18.3 Å². The second-order valence-electron chi connectivity index (χ2n) is 6.55. The maximum absolute atomic E-state index is 9.12. The lowest BCUT2D eigenvalue weighted by Gasteiger charge is -2.16. The first-order chi connectivity index (χ1) is 13.6. The molecule has 4 rings (SSSR count). The number of nitriles is 1. The summed E-state index contributed by atoms with van der Waals surface area (Å²) in [6, 6.07) is 14.7. The van der Waals surface area contributed by atoms with Crippen LogP contribution in [-0.4, -0.2) is 19.7 Å².